The molecule has 0 spiro atoms. The summed E-state index contributed by atoms with van der Waals surface area (Å²) in [4.78, 5) is 29.0. The van der Waals surface area contributed by atoms with Crippen molar-refractivity contribution in [2.24, 2.45) is 11.8 Å². The second kappa shape index (κ2) is 5.24. The maximum absolute atomic E-state index is 11.6. The molecule has 0 aromatic rings. The summed E-state index contributed by atoms with van der Waals surface area (Å²) in [7, 11) is -4.18. The van der Waals surface area contributed by atoms with Gasteiger partial charge in [-0.2, -0.15) is 0 Å². The second-order valence-corrected chi connectivity index (χ2v) is 6.12. The lowest BCUT2D eigenvalue weighted by Gasteiger charge is -2.26. The van der Waals surface area contributed by atoms with E-state index in [1.165, 1.54) is 6.42 Å². The number of ketones is 1. The predicted octanol–water partition coefficient (Wildman–Crippen LogP) is 1.95. The van der Waals surface area contributed by atoms with Crippen LogP contribution in [0, 0.1) is 11.8 Å². The van der Waals surface area contributed by atoms with Crippen LogP contribution in [0.5, 0.6) is 0 Å². The van der Waals surface area contributed by atoms with Crippen LogP contribution in [0.3, 0.4) is 0 Å². The minimum atomic E-state index is -4.18. The average Bonchev–Trinajstić information content (AvgIpc) is 2.15. The van der Waals surface area contributed by atoms with Crippen molar-refractivity contribution in [3.8, 4) is 0 Å². The van der Waals surface area contributed by atoms with Crippen molar-refractivity contribution >= 4 is 13.4 Å². The molecule has 5 heteroatoms. The van der Waals surface area contributed by atoms with Gasteiger partial charge in [-0.3, -0.25) is 9.36 Å². The van der Waals surface area contributed by atoms with Crippen LogP contribution in [-0.2, 0) is 9.36 Å². The summed E-state index contributed by atoms with van der Waals surface area (Å²) in [6, 6.07) is 0. The Morgan fingerprint density at radius 2 is 1.87 bits per heavy atom. The van der Waals surface area contributed by atoms with Crippen LogP contribution in [0.2, 0.25) is 0 Å². The third-order valence-corrected chi connectivity index (χ3v) is 3.95. The average molecular weight is 234 g/mol. The van der Waals surface area contributed by atoms with Gasteiger partial charge >= 0.3 is 7.60 Å². The lowest BCUT2D eigenvalue weighted by molar-refractivity contribution is -0.122. The van der Waals surface area contributed by atoms with Crippen molar-refractivity contribution in [1.29, 1.82) is 0 Å². The van der Waals surface area contributed by atoms with E-state index in [1.807, 2.05) is 0 Å². The van der Waals surface area contributed by atoms with Crippen LogP contribution in [-0.4, -0.2) is 21.7 Å². The topological polar surface area (TPSA) is 74.6 Å². The SMILES string of the molecule is CC(C(=O)CP(=O)(O)O)C1CCCCC1. The maximum Gasteiger partial charge on any atom is 0.332 e. The fourth-order valence-electron chi connectivity index (χ4n) is 2.24. The molecule has 0 saturated heterocycles. The zero-order chi connectivity index (χ0) is 11.5. The molecule has 0 aromatic heterocycles. The Balaban J connectivity index is 2.48. The van der Waals surface area contributed by atoms with E-state index in [0.717, 1.165) is 25.7 Å². The monoisotopic (exact) mass is 234 g/mol. The summed E-state index contributed by atoms with van der Waals surface area (Å²) >= 11 is 0. The molecular weight excluding hydrogens is 215 g/mol. The van der Waals surface area contributed by atoms with E-state index in [1.54, 1.807) is 6.92 Å². The zero-order valence-corrected chi connectivity index (χ0v) is 9.95. The first-order chi connectivity index (χ1) is 6.90. The van der Waals surface area contributed by atoms with Crippen molar-refractivity contribution in [2.75, 3.05) is 6.16 Å². The van der Waals surface area contributed by atoms with Gasteiger partial charge in [0.05, 0.1) is 0 Å². The third-order valence-electron chi connectivity index (χ3n) is 3.23. The van der Waals surface area contributed by atoms with E-state index in [4.69, 9.17) is 9.79 Å². The minimum absolute atomic E-state index is 0.196. The molecule has 0 bridgehead atoms. The molecule has 0 heterocycles. The molecule has 15 heavy (non-hydrogen) atoms. The van der Waals surface area contributed by atoms with Gasteiger partial charge in [-0.1, -0.05) is 26.2 Å². The highest BCUT2D eigenvalue weighted by atomic mass is 31.2. The van der Waals surface area contributed by atoms with E-state index in [0.29, 0.717) is 5.92 Å². The smallest absolute Gasteiger partial charge is 0.324 e. The Kier molecular flexibility index (Phi) is 4.50. The molecule has 2 N–H and O–H groups in total. The minimum Gasteiger partial charge on any atom is -0.324 e. The highest BCUT2D eigenvalue weighted by Gasteiger charge is 2.29. The molecule has 4 nitrogen and oxygen atoms in total. The van der Waals surface area contributed by atoms with Gasteiger partial charge in [0.15, 0.2) is 0 Å². The van der Waals surface area contributed by atoms with Gasteiger partial charge < -0.3 is 9.79 Å². The maximum atomic E-state index is 11.6. The molecule has 1 rings (SSSR count). The Morgan fingerprint density at radius 3 is 2.33 bits per heavy atom. The van der Waals surface area contributed by atoms with Gasteiger partial charge in [0.2, 0.25) is 0 Å². The number of Topliss-reactive ketones (excluding diaryl/α,β-unsaturated/α-hetero) is 1. The highest BCUT2D eigenvalue weighted by molar-refractivity contribution is 7.52. The van der Waals surface area contributed by atoms with E-state index >= 15 is 0 Å². The highest BCUT2D eigenvalue weighted by Crippen LogP contribution is 2.37. The van der Waals surface area contributed by atoms with E-state index < -0.39 is 13.8 Å². The van der Waals surface area contributed by atoms with Crippen LogP contribution >= 0.6 is 7.60 Å². The molecule has 0 aliphatic heterocycles. The first-order valence-electron chi connectivity index (χ1n) is 5.47. The standard InChI is InChI=1S/C10H19O4P/c1-8(9-5-3-2-4-6-9)10(11)7-15(12,13)14/h8-9H,2-7H2,1H3,(H2,12,13,14). The van der Waals surface area contributed by atoms with Crippen molar-refractivity contribution in [1.82, 2.24) is 0 Å². The molecule has 1 atom stereocenters. The van der Waals surface area contributed by atoms with Gasteiger partial charge in [-0.25, -0.2) is 0 Å². The zero-order valence-electron chi connectivity index (χ0n) is 9.06. The number of carbonyl (C=O) groups excluding carboxylic acids is 1. The Labute approximate surface area is 90.2 Å². The molecule has 1 fully saturated rings. The third kappa shape index (κ3) is 4.45. The molecule has 88 valence electrons. The van der Waals surface area contributed by atoms with Gasteiger partial charge in [-0.15, -0.1) is 0 Å². The van der Waals surface area contributed by atoms with Crippen LogP contribution in [0.1, 0.15) is 39.0 Å². The number of rotatable bonds is 4. The van der Waals surface area contributed by atoms with Crippen LogP contribution < -0.4 is 0 Å². The van der Waals surface area contributed by atoms with Crippen molar-refractivity contribution in [3.05, 3.63) is 0 Å². The summed E-state index contributed by atoms with van der Waals surface area (Å²) in [6.45, 7) is 1.80. The summed E-state index contributed by atoms with van der Waals surface area (Å²) in [5, 5.41) is 0. The Morgan fingerprint density at radius 1 is 1.33 bits per heavy atom. The second-order valence-electron chi connectivity index (χ2n) is 4.48. The molecule has 1 aliphatic rings. The summed E-state index contributed by atoms with van der Waals surface area (Å²) in [5.74, 6) is -0.147. The Bertz CT molecular complexity index is 265. The number of hydrogen-bond donors (Lipinski definition) is 2. The molecule has 1 saturated carbocycles. The fraction of sp³-hybridized carbons (Fsp3) is 0.900. The fourth-order valence-corrected chi connectivity index (χ4v) is 2.94. The van der Waals surface area contributed by atoms with Crippen molar-refractivity contribution in [3.63, 3.8) is 0 Å². The molecular formula is C10H19O4P. The van der Waals surface area contributed by atoms with E-state index in [-0.39, 0.29) is 11.7 Å². The first-order valence-corrected chi connectivity index (χ1v) is 7.27. The van der Waals surface area contributed by atoms with Crippen LogP contribution in [0.25, 0.3) is 0 Å². The van der Waals surface area contributed by atoms with E-state index in [2.05, 4.69) is 0 Å². The van der Waals surface area contributed by atoms with Gasteiger partial charge in [-0.05, 0) is 18.8 Å². The number of hydrogen-bond acceptors (Lipinski definition) is 2. The summed E-state index contributed by atoms with van der Waals surface area (Å²) < 4.78 is 10.7. The normalized spacial score (nSPS) is 21.3. The van der Waals surface area contributed by atoms with Crippen molar-refractivity contribution in [2.45, 2.75) is 39.0 Å². The first kappa shape index (κ1) is 12.9. The molecule has 0 radical (unpaired) electrons. The molecule has 1 unspecified atom stereocenters. The lowest BCUT2D eigenvalue weighted by Crippen LogP contribution is -2.25. The lowest BCUT2D eigenvalue weighted by atomic mass is 9.79. The van der Waals surface area contributed by atoms with Crippen LogP contribution in [0.4, 0.5) is 0 Å². The quantitative estimate of drug-likeness (QED) is 0.729. The largest absolute Gasteiger partial charge is 0.332 e. The molecule has 0 aromatic carbocycles. The number of carbonyl (C=O) groups is 1. The van der Waals surface area contributed by atoms with Crippen molar-refractivity contribution < 1.29 is 19.1 Å². The molecule has 1 aliphatic carbocycles. The Hall–Kier alpha value is -0.180. The van der Waals surface area contributed by atoms with Gasteiger partial charge in [0.1, 0.15) is 11.9 Å². The molecule has 0 amide bonds. The van der Waals surface area contributed by atoms with Crippen LogP contribution in [0.15, 0.2) is 0 Å². The predicted molar refractivity (Wildman–Crippen MR) is 57.7 cm³/mol. The summed E-state index contributed by atoms with van der Waals surface area (Å²) in [5.41, 5.74) is 0. The van der Waals surface area contributed by atoms with E-state index in [9.17, 15) is 9.36 Å². The summed E-state index contributed by atoms with van der Waals surface area (Å²) in [6.07, 6.45) is 4.94. The van der Waals surface area contributed by atoms with Gasteiger partial charge in [0, 0.05) is 5.92 Å². The van der Waals surface area contributed by atoms with Gasteiger partial charge in [0.25, 0.3) is 0 Å².